The molecule has 0 bridgehead atoms. The molecule has 0 atom stereocenters. The zero-order chi connectivity index (χ0) is 13.2. The van der Waals surface area contributed by atoms with Gasteiger partial charge in [0.2, 0.25) is 0 Å². The Balaban J connectivity index is 1.89. The van der Waals surface area contributed by atoms with Gasteiger partial charge in [-0.15, -0.1) is 0 Å². The minimum absolute atomic E-state index is 0.692. The topological polar surface area (TPSA) is 57.4 Å². The lowest BCUT2D eigenvalue weighted by Gasteiger charge is -2.33. The fourth-order valence-corrected chi connectivity index (χ4v) is 2.36. The largest absolute Gasteiger partial charge is 0.396 e. The number of nitrogens with zero attached hydrogens (tertiary/aromatic N) is 3. The third-order valence-corrected chi connectivity index (χ3v) is 3.58. The fraction of sp³-hybridized carbons (Fsp3) is 0.357. The average Bonchev–Trinajstić information content (AvgIpc) is 2.44. The van der Waals surface area contributed by atoms with Crippen molar-refractivity contribution in [3.63, 3.8) is 0 Å². The van der Waals surface area contributed by atoms with Crippen LogP contribution in [0.4, 0.5) is 11.4 Å². The molecule has 2 aromatic rings. The van der Waals surface area contributed by atoms with Gasteiger partial charge in [0.05, 0.1) is 23.1 Å². The number of fused-ring (bicyclic) bond motifs is 1. The van der Waals surface area contributed by atoms with Crippen LogP contribution in [0.25, 0.3) is 10.9 Å². The molecule has 0 radical (unpaired) electrons. The molecule has 1 saturated heterocycles. The van der Waals surface area contributed by atoms with E-state index in [-0.39, 0.29) is 0 Å². The van der Waals surface area contributed by atoms with Crippen LogP contribution < -0.4 is 11.2 Å². The van der Waals surface area contributed by atoms with E-state index < -0.39 is 0 Å². The van der Waals surface area contributed by atoms with Crippen LogP contribution in [0.15, 0.2) is 30.5 Å². The third-order valence-electron chi connectivity index (χ3n) is 3.58. The van der Waals surface area contributed by atoms with E-state index in [0.717, 1.165) is 42.8 Å². The maximum Gasteiger partial charge on any atom is 0.0831 e. The lowest BCUT2D eigenvalue weighted by molar-refractivity contribution is 0.179. The number of hydrogen-bond donors (Lipinski definition) is 2. The summed E-state index contributed by atoms with van der Waals surface area (Å²) in [6.07, 6.45) is 1.72. The zero-order valence-corrected chi connectivity index (χ0v) is 11.1. The van der Waals surface area contributed by atoms with Crippen molar-refractivity contribution in [2.45, 2.75) is 0 Å². The van der Waals surface area contributed by atoms with Crippen LogP contribution in [0.1, 0.15) is 0 Å². The fourth-order valence-electron chi connectivity index (χ4n) is 2.36. The number of pyridine rings is 1. The molecule has 3 rings (SSSR count). The first kappa shape index (κ1) is 12.2. The predicted octanol–water partition coefficient (Wildman–Crippen LogP) is 1.39. The standard InChI is InChI=1S/C14H19N5/c1-18-6-8-19(9-7-18)17-14-11-4-2-3-5-13(11)16-10-12(14)15/h2-5,10H,6-9,15H2,1H3,(H,16,17). The first-order valence-electron chi connectivity index (χ1n) is 6.57. The van der Waals surface area contributed by atoms with Crippen molar-refractivity contribution in [3.8, 4) is 0 Å². The third kappa shape index (κ3) is 2.47. The average molecular weight is 257 g/mol. The molecular formula is C14H19N5. The minimum atomic E-state index is 0.692. The summed E-state index contributed by atoms with van der Waals surface area (Å²) in [4.78, 5) is 6.68. The summed E-state index contributed by atoms with van der Waals surface area (Å²) in [7, 11) is 2.15. The van der Waals surface area contributed by atoms with E-state index in [9.17, 15) is 0 Å². The number of nitrogen functional groups attached to an aromatic ring is 1. The summed E-state index contributed by atoms with van der Waals surface area (Å²) in [5.74, 6) is 0. The highest BCUT2D eigenvalue weighted by molar-refractivity contribution is 5.96. The Morgan fingerprint density at radius 1 is 1.16 bits per heavy atom. The predicted molar refractivity (Wildman–Crippen MR) is 78.8 cm³/mol. The Labute approximate surface area is 113 Å². The van der Waals surface area contributed by atoms with Crippen LogP contribution in [0, 0.1) is 0 Å². The molecule has 1 aliphatic rings. The van der Waals surface area contributed by atoms with Gasteiger partial charge < -0.3 is 16.1 Å². The number of para-hydroxylation sites is 1. The molecule has 1 fully saturated rings. The molecule has 0 saturated carbocycles. The molecule has 0 amide bonds. The van der Waals surface area contributed by atoms with Crippen molar-refractivity contribution < 1.29 is 0 Å². The molecule has 1 aliphatic heterocycles. The number of likely N-dealkylation sites (N-methyl/N-ethyl adjacent to an activating group) is 1. The summed E-state index contributed by atoms with van der Waals surface area (Å²) in [5.41, 5.74) is 12.1. The van der Waals surface area contributed by atoms with E-state index in [1.165, 1.54) is 0 Å². The molecule has 19 heavy (non-hydrogen) atoms. The number of rotatable bonds is 2. The van der Waals surface area contributed by atoms with Crippen molar-refractivity contribution in [2.75, 3.05) is 44.4 Å². The van der Waals surface area contributed by atoms with Gasteiger partial charge in [-0.2, -0.15) is 0 Å². The highest BCUT2D eigenvalue weighted by Gasteiger charge is 2.15. The van der Waals surface area contributed by atoms with Crippen molar-refractivity contribution in [1.82, 2.24) is 14.9 Å². The molecule has 1 aromatic heterocycles. The molecule has 5 nitrogen and oxygen atoms in total. The molecule has 2 heterocycles. The Kier molecular flexibility index (Phi) is 3.23. The number of nitrogens with two attached hydrogens (primary N) is 1. The Morgan fingerprint density at radius 2 is 1.89 bits per heavy atom. The van der Waals surface area contributed by atoms with E-state index in [1.54, 1.807) is 6.20 Å². The van der Waals surface area contributed by atoms with E-state index in [0.29, 0.717) is 5.69 Å². The number of hydrogen-bond acceptors (Lipinski definition) is 5. The zero-order valence-electron chi connectivity index (χ0n) is 11.1. The second kappa shape index (κ2) is 5.03. The molecule has 0 spiro atoms. The van der Waals surface area contributed by atoms with Gasteiger partial charge in [-0.1, -0.05) is 18.2 Å². The number of nitrogens with one attached hydrogen (secondary N) is 1. The van der Waals surface area contributed by atoms with Gasteiger partial charge in [-0.25, -0.2) is 5.01 Å². The lowest BCUT2D eigenvalue weighted by Crippen LogP contribution is -2.47. The Hall–Kier alpha value is -1.85. The molecule has 100 valence electrons. The van der Waals surface area contributed by atoms with Gasteiger partial charge in [0.25, 0.3) is 0 Å². The number of hydrazine groups is 1. The highest BCUT2D eigenvalue weighted by atomic mass is 15.5. The summed E-state index contributed by atoms with van der Waals surface area (Å²) in [5, 5.41) is 3.29. The van der Waals surface area contributed by atoms with E-state index in [2.05, 4.69) is 33.4 Å². The number of anilines is 2. The Bertz CT molecular complexity index is 575. The second-order valence-corrected chi connectivity index (χ2v) is 5.01. The SMILES string of the molecule is CN1CCN(Nc2c(N)cnc3ccccc23)CC1. The monoisotopic (exact) mass is 257 g/mol. The lowest BCUT2D eigenvalue weighted by atomic mass is 10.1. The van der Waals surface area contributed by atoms with Crippen molar-refractivity contribution in [2.24, 2.45) is 0 Å². The van der Waals surface area contributed by atoms with Crippen LogP contribution in [-0.4, -0.2) is 48.1 Å². The normalized spacial score (nSPS) is 17.7. The summed E-state index contributed by atoms with van der Waals surface area (Å²) in [6.45, 7) is 4.12. The Morgan fingerprint density at radius 3 is 2.68 bits per heavy atom. The molecular weight excluding hydrogens is 238 g/mol. The van der Waals surface area contributed by atoms with Crippen molar-refractivity contribution in [3.05, 3.63) is 30.5 Å². The molecule has 5 heteroatoms. The number of aromatic nitrogens is 1. The number of piperazine rings is 1. The summed E-state index contributed by atoms with van der Waals surface area (Å²) < 4.78 is 0. The van der Waals surface area contributed by atoms with E-state index >= 15 is 0 Å². The van der Waals surface area contributed by atoms with Gasteiger partial charge >= 0.3 is 0 Å². The van der Waals surface area contributed by atoms with E-state index in [1.807, 2.05) is 18.2 Å². The highest BCUT2D eigenvalue weighted by Crippen LogP contribution is 2.28. The maximum atomic E-state index is 6.07. The number of benzene rings is 1. The van der Waals surface area contributed by atoms with Crippen LogP contribution in [0.3, 0.4) is 0 Å². The van der Waals surface area contributed by atoms with Gasteiger partial charge in [-0.05, 0) is 13.1 Å². The summed E-state index contributed by atoms with van der Waals surface area (Å²) in [6, 6.07) is 8.06. The van der Waals surface area contributed by atoms with Crippen molar-refractivity contribution in [1.29, 1.82) is 0 Å². The molecule has 0 aliphatic carbocycles. The van der Waals surface area contributed by atoms with E-state index in [4.69, 9.17) is 5.73 Å². The van der Waals surface area contributed by atoms with Crippen LogP contribution >= 0.6 is 0 Å². The smallest absolute Gasteiger partial charge is 0.0831 e. The maximum absolute atomic E-state index is 6.07. The van der Waals surface area contributed by atoms with Gasteiger partial charge in [-0.3, -0.25) is 4.98 Å². The minimum Gasteiger partial charge on any atom is -0.396 e. The molecule has 0 unspecified atom stereocenters. The van der Waals surface area contributed by atoms with Crippen LogP contribution in [0.2, 0.25) is 0 Å². The first-order valence-corrected chi connectivity index (χ1v) is 6.57. The van der Waals surface area contributed by atoms with Crippen molar-refractivity contribution >= 4 is 22.3 Å². The van der Waals surface area contributed by atoms with Crippen LogP contribution in [-0.2, 0) is 0 Å². The second-order valence-electron chi connectivity index (χ2n) is 5.01. The molecule has 1 aromatic carbocycles. The van der Waals surface area contributed by atoms with Gasteiger partial charge in [0.15, 0.2) is 0 Å². The van der Waals surface area contributed by atoms with Gasteiger partial charge in [0.1, 0.15) is 0 Å². The van der Waals surface area contributed by atoms with Gasteiger partial charge in [0, 0.05) is 31.6 Å². The quantitative estimate of drug-likeness (QED) is 0.851. The first-order chi connectivity index (χ1) is 9.24. The molecule has 3 N–H and O–H groups in total. The summed E-state index contributed by atoms with van der Waals surface area (Å²) >= 11 is 0. The van der Waals surface area contributed by atoms with Crippen LogP contribution in [0.5, 0.6) is 0 Å².